The van der Waals surface area contributed by atoms with E-state index in [9.17, 15) is 13.6 Å². The molecule has 3 aromatic rings. The summed E-state index contributed by atoms with van der Waals surface area (Å²) in [6.45, 7) is 0. The monoisotopic (exact) mass is 377 g/mol. The maximum Gasteiger partial charge on any atom is 0.586 e. The predicted molar refractivity (Wildman–Crippen MR) is 89.8 cm³/mol. The molecule has 1 aliphatic rings. The number of benzene rings is 2. The van der Waals surface area contributed by atoms with Gasteiger partial charge in [-0.05, 0) is 12.1 Å². The molecule has 0 radical (unpaired) electrons. The lowest BCUT2D eigenvalue weighted by molar-refractivity contribution is -0.286. The molecular weight excluding hydrogens is 364 g/mol. The number of nitrogens with one attached hydrogen (secondary N) is 2. The summed E-state index contributed by atoms with van der Waals surface area (Å²) in [4.78, 5) is 19.5. The van der Waals surface area contributed by atoms with Gasteiger partial charge >= 0.3 is 6.29 Å². The highest BCUT2D eigenvalue weighted by Gasteiger charge is 2.43. The summed E-state index contributed by atoms with van der Waals surface area (Å²) in [5.74, 6) is 0.331. The molecule has 0 atom stereocenters. The normalized spacial score (nSPS) is 14.2. The van der Waals surface area contributed by atoms with Crippen molar-refractivity contribution in [3.63, 3.8) is 0 Å². The number of alkyl halides is 2. The lowest BCUT2D eigenvalue weighted by Crippen LogP contribution is -2.25. The third-order valence-electron chi connectivity index (χ3n) is 3.85. The van der Waals surface area contributed by atoms with Crippen molar-refractivity contribution in [2.45, 2.75) is 6.29 Å². The van der Waals surface area contributed by atoms with E-state index in [0.29, 0.717) is 28.1 Å². The molecule has 0 saturated heterocycles. The molecule has 27 heavy (non-hydrogen) atoms. The summed E-state index contributed by atoms with van der Waals surface area (Å²) < 4.78 is 45.3. The van der Waals surface area contributed by atoms with Crippen LogP contribution in [-0.4, -0.2) is 36.4 Å². The Labute approximate surface area is 151 Å². The summed E-state index contributed by atoms with van der Waals surface area (Å²) in [5, 5.41) is 2.59. The second-order valence-corrected chi connectivity index (χ2v) is 5.62. The first kappa shape index (κ1) is 16.9. The number of aromatic amines is 1. The number of carbonyl (C=O) groups is 1. The van der Waals surface area contributed by atoms with Crippen LogP contribution < -0.4 is 24.3 Å². The van der Waals surface area contributed by atoms with Gasteiger partial charge in [0.25, 0.3) is 5.91 Å². The molecule has 2 heterocycles. The zero-order chi connectivity index (χ0) is 19.2. The van der Waals surface area contributed by atoms with Gasteiger partial charge in [0.05, 0.1) is 25.3 Å². The van der Waals surface area contributed by atoms with Crippen molar-refractivity contribution in [1.82, 2.24) is 9.97 Å². The van der Waals surface area contributed by atoms with Crippen molar-refractivity contribution in [2.24, 2.45) is 0 Å². The first-order valence-corrected chi connectivity index (χ1v) is 7.71. The fourth-order valence-electron chi connectivity index (χ4n) is 2.63. The van der Waals surface area contributed by atoms with E-state index in [4.69, 9.17) is 9.47 Å². The number of methoxy groups -OCH3 is 2. The lowest BCUT2D eigenvalue weighted by Gasteiger charge is -2.08. The highest BCUT2D eigenvalue weighted by atomic mass is 19.3. The topological polar surface area (TPSA) is 94.7 Å². The van der Waals surface area contributed by atoms with Crippen LogP contribution in [0.15, 0.2) is 30.3 Å². The van der Waals surface area contributed by atoms with Crippen LogP contribution in [0.4, 0.5) is 14.7 Å². The lowest BCUT2D eigenvalue weighted by atomic mass is 10.2. The highest BCUT2D eigenvalue weighted by Crippen LogP contribution is 2.42. The number of imidazole rings is 1. The molecule has 1 aromatic heterocycles. The number of aromatic nitrogens is 2. The van der Waals surface area contributed by atoms with Crippen molar-refractivity contribution in [2.75, 3.05) is 19.5 Å². The third kappa shape index (κ3) is 3.16. The van der Waals surface area contributed by atoms with E-state index < -0.39 is 12.2 Å². The largest absolute Gasteiger partial charge is 0.586 e. The summed E-state index contributed by atoms with van der Waals surface area (Å²) in [6.07, 6.45) is -3.70. The van der Waals surface area contributed by atoms with E-state index >= 15 is 0 Å². The zero-order valence-corrected chi connectivity index (χ0v) is 14.1. The maximum absolute atomic E-state index is 13.1. The Hall–Kier alpha value is -3.56. The zero-order valence-electron chi connectivity index (χ0n) is 14.1. The fraction of sp³-hybridized carbons (Fsp3) is 0.176. The SMILES string of the molecule is COc1cc(OC)cc(C(=O)Nc2nc3cc4c(cc3[nH]2)OC(F)(F)O4)c1. The molecule has 0 spiro atoms. The quantitative estimate of drug-likeness (QED) is 0.725. The molecule has 2 aromatic carbocycles. The number of anilines is 1. The molecule has 2 N–H and O–H groups in total. The van der Waals surface area contributed by atoms with Crippen molar-refractivity contribution in [3.05, 3.63) is 35.9 Å². The number of fused-ring (bicyclic) bond motifs is 2. The van der Waals surface area contributed by atoms with Gasteiger partial charge in [0.2, 0.25) is 5.95 Å². The Kier molecular flexibility index (Phi) is 3.76. The second kappa shape index (κ2) is 6.01. The highest BCUT2D eigenvalue weighted by molar-refractivity contribution is 6.04. The van der Waals surface area contributed by atoms with E-state index in [2.05, 4.69) is 24.8 Å². The van der Waals surface area contributed by atoms with E-state index in [1.807, 2.05) is 0 Å². The van der Waals surface area contributed by atoms with Crippen molar-refractivity contribution < 1.29 is 32.5 Å². The van der Waals surface area contributed by atoms with Gasteiger partial charge in [0.1, 0.15) is 11.5 Å². The number of rotatable bonds is 4. The van der Waals surface area contributed by atoms with Gasteiger partial charge in [0.15, 0.2) is 11.5 Å². The number of halogens is 2. The Morgan fingerprint density at radius 3 is 2.33 bits per heavy atom. The molecule has 8 nitrogen and oxygen atoms in total. The summed E-state index contributed by atoms with van der Waals surface area (Å²) in [6, 6.07) is 7.34. The van der Waals surface area contributed by atoms with E-state index in [-0.39, 0.29) is 17.4 Å². The molecule has 0 aliphatic carbocycles. The minimum Gasteiger partial charge on any atom is -0.497 e. The van der Waals surface area contributed by atoms with Crippen LogP contribution >= 0.6 is 0 Å². The number of nitrogens with zero attached hydrogens (tertiary/aromatic N) is 1. The van der Waals surface area contributed by atoms with Crippen molar-refractivity contribution in [1.29, 1.82) is 0 Å². The van der Waals surface area contributed by atoms with E-state index in [1.54, 1.807) is 18.2 Å². The number of hydrogen-bond donors (Lipinski definition) is 2. The van der Waals surface area contributed by atoms with Crippen molar-refractivity contribution >= 4 is 22.9 Å². The van der Waals surface area contributed by atoms with Gasteiger partial charge in [-0.3, -0.25) is 10.1 Å². The van der Waals surface area contributed by atoms with E-state index in [0.717, 1.165) is 0 Å². The average molecular weight is 377 g/mol. The number of hydrogen-bond acceptors (Lipinski definition) is 6. The Balaban J connectivity index is 1.60. The standard InChI is InChI=1S/C17H13F2N3O5/c1-24-9-3-8(4-10(5-9)25-2)15(23)22-16-20-11-6-13-14(7-12(11)21-16)27-17(18,19)26-13/h3-7H,1-2H3,(H2,20,21,22,23). The average Bonchev–Trinajstić information content (AvgIpc) is 3.15. The number of H-pyrrole nitrogens is 1. The van der Waals surface area contributed by atoms with Crippen LogP contribution in [0, 0.1) is 0 Å². The number of ether oxygens (including phenoxy) is 4. The van der Waals surface area contributed by atoms with Crippen LogP contribution in [0.2, 0.25) is 0 Å². The minimum absolute atomic E-state index is 0.119. The van der Waals surface area contributed by atoms with E-state index in [1.165, 1.54) is 26.4 Å². The Morgan fingerprint density at radius 1 is 1.07 bits per heavy atom. The van der Waals surface area contributed by atoms with Crippen LogP contribution in [0.25, 0.3) is 11.0 Å². The Bertz CT molecular complexity index is 983. The molecule has 1 amide bonds. The smallest absolute Gasteiger partial charge is 0.497 e. The first-order chi connectivity index (χ1) is 12.9. The van der Waals surface area contributed by atoms with Gasteiger partial charge in [-0.1, -0.05) is 0 Å². The third-order valence-corrected chi connectivity index (χ3v) is 3.85. The minimum atomic E-state index is -3.70. The van der Waals surface area contributed by atoms with Crippen molar-refractivity contribution in [3.8, 4) is 23.0 Å². The fourth-order valence-corrected chi connectivity index (χ4v) is 2.63. The summed E-state index contributed by atoms with van der Waals surface area (Å²) in [5.41, 5.74) is 1.02. The van der Waals surface area contributed by atoms with Gasteiger partial charge in [0, 0.05) is 23.8 Å². The maximum atomic E-state index is 13.1. The van der Waals surface area contributed by atoms with Gasteiger partial charge < -0.3 is 23.9 Å². The molecule has 10 heteroatoms. The molecule has 0 saturated carbocycles. The van der Waals surface area contributed by atoms with Crippen LogP contribution in [0.1, 0.15) is 10.4 Å². The van der Waals surface area contributed by atoms with Gasteiger partial charge in [-0.15, -0.1) is 8.78 Å². The molecule has 140 valence electrons. The molecule has 4 rings (SSSR count). The molecular formula is C17H13F2N3O5. The van der Waals surface area contributed by atoms with Gasteiger partial charge in [-0.25, -0.2) is 4.98 Å². The molecule has 0 unspecified atom stereocenters. The van der Waals surface area contributed by atoms with Gasteiger partial charge in [-0.2, -0.15) is 0 Å². The predicted octanol–water partition coefficient (Wildman–Crippen LogP) is 3.15. The first-order valence-electron chi connectivity index (χ1n) is 7.71. The molecule has 0 bridgehead atoms. The van der Waals surface area contributed by atoms with Crippen LogP contribution in [0.3, 0.4) is 0 Å². The summed E-state index contributed by atoms with van der Waals surface area (Å²) in [7, 11) is 2.95. The van der Waals surface area contributed by atoms with Crippen LogP contribution in [0.5, 0.6) is 23.0 Å². The molecule has 1 aliphatic heterocycles. The van der Waals surface area contributed by atoms with Crippen LogP contribution in [-0.2, 0) is 0 Å². The second-order valence-electron chi connectivity index (χ2n) is 5.62. The Morgan fingerprint density at radius 2 is 1.70 bits per heavy atom. The molecule has 0 fully saturated rings. The summed E-state index contributed by atoms with van der Waals surface area (Å²) >= 11 is 0. The number of amides is 1. The number of carbonyl (C=O) groups excluding carboxylic acids is 1.